The van der Waals surface area contributed by atoms with Crippen molar-refractivity contribution in [1.29, 1.82) is 0 Å². The second kappa shape index (κ2) is 10.8. The van der Waals surface area contributed by atoms with E-state index < -0.39 is 12.4 Å². The van der Waals surface area contributed by atoms with E-state index in [4.69, 9.17) is 18.6 Å². The van der Waals surface area contributed by atoms with Crippen molar-refractivity contribution in [3.05, 3.63) is 93.7 Å². The zero-order valence-electron chi connectivity index (χ0n) is 32.2. The smallest absolute Gasteiger partial charge is 0.518 e. The largest absolute Gasteiger partial charge is 2.00 e. The van der Waals surface area contributed by atoms with Crippen LogP contribution in [0.1, 0.15) is 112 Å². The average molecular weight is 810 g/mol. The Morgan fingerprint density at radius 3 is 2.26 bits per heavy atom. The van der Waals surface area contributed by atoms with Gasteiger partial charge in [0.2, 0.25) is 0 Å². The summed E-state index contributed by atoms with van der Waals surface area (Å²) in [6.45, 7) is 21.2. The Balaban J connectivity index is 0.00000432. The minimum Gasteiger partial charge on any atom is -0.518 e. The van der Waals surface area contributed by atoms with Crippen LogP contribution in [0.4, 0.5) is 0 Å². The Morgan fingerprint density at radius 2 is 1.60 bits per heavy atom. The number of fused-ring (bicyclic) bond motifs is 5. The first-order valence-electron chi connectivity index (χ1n) is 17.6. The molecule has 0 fully saturated rings. The molecule has 0 N–H and O–H groups in total. The molecule has 2 aliphatic rings. The fourth-order valence-corrected chi connectivity index (χ4v) is 6.66. The number of benzene rings is 3. The standard InChI is InChI=1S/C41H45N3O2.Pt/c1-23-13-32-36(42-21-23)44-33-20-34(46-28-16-25(15-26(17-28)38(3,4)5)37-43-40(9,10)22-45-37)24(2)14-29(33)30-18-27(39(6,7)8)19-31(35(30)44)41(32,11)12;/h13-15,17-19,21H,22H2,1-12H3;/q-2;+2/i9D3;/t40-;/m0./s1. The van der Waals surface area contributed by atoms with Gasteiger partial charge in [-0.05, 0) is 59.7 Å². The Hall–Kier alpha value is -3.43. The molecule has 0 unspecified atom stereocenters. The van der Waals surface area contributed by atoms with Crippen molar-refractivity contribution >= 4 is 27.7 Å². The van der Waals surface area contributed by atoms with Gasteiger partial charge in [0.05, 0.1) is 5.54 Å². The molecule has 2 aliphatic heterocycles. The number of hydrogen-bond donors (Lipinski definition) is 0. The monoisotopic (exact) mass is 809 g/mol. The molecule has 0 radical (unpaired) electrons. The van der Waals surface area contributed by atoms with E-state index in [0.717, 1.165) is 38.9 Å². The van der Waals surface area contributed by atoms with Crippen molar-refractivity contribution in [1.82, 2.24) is 9.55 Å². The first kappa shape index (κ1) is 29.7. The van der Waals surface area contributed by atoms with E-state index in [2.05, 4.69) is 108 Å². The number of rotatable bonds is 3. The third-order valence-corrected chi connectivity index (χ3v) is 9.47. The Labute approximate surface area is 298 Å². The van der Waals surface area contributed by atoms with Crippen molar-refractivity contribution in [2.75, 3.05) is 6.61 Å². The predicted octanol–water partition coefficient (Wildman–Crippen LogP) is 9.98. The third kappa shape index (κ3) is 5.53. The average Bonchev–Trinajstić information content (AvgIpc) is 3.54. The van der Waals surface area contributed by atoms with Gasteiger partial charge in [-0.15, -0.1) is 28.6 Å². The van der Waals surface area contributed by atoms with Crippen LogP contribution >= 0.6 is 0 Å². The maximum absolute atomic E-state index is 8.01. The second-order valence-corrected chi connectivity index (χ2v) is 16.0. The van der Waals surface area contributed by atoms with Gasteiger partial charge in [0, 0.05) is 38.3 Å². The molecule has 0 saturated heterocycles. The summed E-state index contributed by atoms with van der Waals surface area (Å²) in [5.74, 6) is 2.24. The van der Waals surface area contributed by atoms with E-state index in [1.165, 1.54) is 22.1 Å². The van der Waals surface area contributed by atoms with E-state index in [1.807, 2.05) is 25.3 Å². The summed E-state index contributed by atoms with van der Waals surface area (Å²) in [7, 11) is 0. The van der Waals surface area contributed by atoms with E-state index in [0.29, 0.717) is 17.1 Å². The minimum atomic E-state index is -2.30. The summed E-state index contributed by atoms with van der Waals surface area (Å²) in [4.78, 5) is 9.56. The number of aryl methyl sites for hydroxylation is 2. The van der Waals surface area contributed by atoms with Crippen LogP contribution < -0.4 is 4.74 Å². The summed E-state index contributed by atoms with van der Waals surface area (Å²) < 4.78 is 38.9. The van der Waals surface area contributed by atoms with E-state index in [1.54, 1.807) is 6.92 Å². The molecule has 6 heteroatoms. The molecule has 1 atom stereocenters. The maximum atomic E-state index is 8.01. The fourth-order valence-electron chi connectivity index (χ4n) is 6.66. The molecule has 0 amide bonds. The Kier molecular flexibility index (Phi) is 6.81. The first-order valence-corrected chi connectivity index (χ1v) is 16.1. The summed E-state index contributed by atoms with van der Waals surface area (Å²) in [5, 5.41) is 2.28. The van der Waals surface area contributed by atoms with Gasteiger partial charge in [-0.1, -0.05) is 97.7 Å². The van der Waals surface area contributed by atoms with Crippen LogP contribution in [0.25, 0.3) is 27.6 Å². The third-order valence-electron chi connectivity index (χ3n) is 9.47. The molecule has 7 rings (SSSR count). The van der Waals surface area contributed by atoms with Gasteiger partial charge in [0.15, 0.2) is 0 Å². The molecule has 5 aromatic rings. The molecular weight excluding hydrogens is 762 g/mol. The quantitative estimate of drug-likeness (QED) is 0.171. The number of ether oxygens (including phenoxy) is 2. The summed E-state index contributed by atoms with van der Waals surface area (Å²) in [5.41, 5.74) is 7.55. The van der Waals surface area contributed by atoms with Crippen LogP contribution in [0.2, 0.25) is 0 Å². The fraction of sp³-hybridized carbons (Fsp3) is 0.415. The minimum absolute atomic E-state index is 0. The van der Waals surface area contributed by atoms with Crippen molar-refractivity contribution in [3.63, 3.8) is 0 Å². The Morgan fingerprint density at radius 1 is 0.894 bits per heavy atom. The number of pyridine rings is 1. The molecule has 3 aromatic carbocycles. The van der Waals surface area contributed by atoms with Gasteiger partial charge < -0.3 is 14.0 Å². The predicted molar refractivity (Wildman–Crippen MR) is 188 cm³/mol. The van der Waals surface area contributed by atoms with Gasteiger partial charge in [-0.3, -0.25) is 4.99 Å². The SMILES string of the molecule is [2H]C([2H])([2H])[C@]1(C)COC(c2[c-]c(Oc3[c-]c4c(cc3C)c3cc(C(C)(C)C)cc5c3n4-c3ncc(C)cc3C5(C)C)cc(C(C)(C)C)c2)=N1.[Pt+2]. The number of nitrogens with zero attached hydrogens (tertiary/aromatic N) is 3. The first-order chi connectivity index (χ1) is 22.6. The van der Waals surface area contributed by atoms with Gasteiger partial charge in [0.25, 0.3) is 0 Å². The van der Waals surface area contributed by atoms with Crippen molar-refractivity contribution in [2.24, 2.45) is 4.99 Å². The zero-order valence-corrected chi connectivity index (χ0v) is 31.5. The van der Waals surface area contributed by atoms with Crippen LogP contribution in [-0.4, -0.2) is 27.6 Å². The summed E-state index contributed by atoms with van der Waals surface area (Å²) in [6, 6.07) is 20.1. The van der Waals surface area contributed by atoms with Crippen LogP contribution in [0.5, 0.6) is 11.5 Å². The summed E-state index contributed by atoms with van der Waals surface area (Å²) in [6.07, 6.45) is 1.94. The number of aliphatic imine (C=N–C) groups is 1. The molecule has 47 heavy (non-hydrogen) atoms. The molecule has 2 aromatic heterocycles. The van der Waals surface area contributed by atoms with Crippen molar-refractivity contribution < 1.29 is 34.7 Å². The van der Waals surface area contributed by atoms with E-state index in [9.17, 15) is 0 Å². The van der Waals surface area contributed by atoms with Gasteiger partial charge in [0.1, 0.15) is 18.3 Å². The molecular formula is C41H45N3O2Pt. The van der Waals surface area contributed by atoms with Crippen LogP contribution in [0, 0.1) is 26.0 Å². The van der Waals surface area contributed by atoms with Gasteiger partial charge in [-0.2, -0.15) is 6.07 Å². The van der Waals surface area contributed by atoms with E-state index in [-0.39, 0.29) is 49.8 Å². The van der Waals surface area contributed by atoms with Crippen molar-refractivity contribution in [2.45, 2.75) is 105 Å². The number of aromatic nitrogens is 2. The van der Waals surface area contributed by atoms with Crippen LogP contribution in [-0.2, 0) is 42.0 Å². The van der Waals surface area contributed by atoms with Crippen molar-refractivity contribution in [3.8, 4) is 17.3 Å². The molecule has 0 spiro atoms. The molecule has 4 heterocycles. The van der Waals surface area contributed by atoms with Crippen LogP contribution in [0.15, 0.2) is 47.6 Å². The summed E-state index contributed by atoms with van der Waals surface area (Å²) >= 11 is 0. The number of hydrogen-bond acceptors (Lipinski definition) is 4. The van der Waals surface area contributed by atoms with E-state index >= 15 is 0 Å². The Bertz CT molecular complexity index is 2240. The zero-order chi connectivity index (χ0) is 35.6. The second-order valence-electron chi connectivity index (χ2n) is 16.0. The molecule has 5 nitrogen and oxygen atoms in total. The molecule has 0 saturated carbocycles. The molecule has 0 bridgehead atoms. The maximum Gasteiger partial charge on any atom is 2.00 e. The molecule has 0 aliphatic carbocycles. The molecule has 246 valence electrons. The topological polar surface area (TPSA) is 48.6 Å². The van der Waals surface area contributed by atoms with Gasteiger partial charge in [-0.25, -0.2) is 4.98 Å². The van der Waals surface area contributed by atoms with Crippen LogP contribution in [0.3, 0.4) is 0 Å². The normalized spacial score (nSPS) is 19.7. The van der Waals surface area contributed by atoms with Gasteiger partial charge >= 0.3 is 21.1 Å².